The quantitative estimate of drug-likeness (QED) is 0.814. The Kier molecular flexibility index (Phi) is 5.96. The fraction of sp³-hybridized carbons (Fsp3) is 0.429. The molecule has 2 atom stereocenters. The number of carbonyl (C=O) groups is 2. The van der Waals surface area contributed by atoms with Crippen molar-refractivity contribution in [2.75, 3.05) is 27.2 Å². The Labute approximate surface area is 160 Å². The molecule has 27 heavy (non-hydrogen) atoms. The van der Waals surface area contributed by atoms with Gasteiger partial charge < -0.3 is 14.6 Å². The largest absolute Gasteiger partial charge is 0.468 e. The molecule has 2 amide bonds. The number of furan rings is 1. The van der Waals surface area contributed by atoms with Crippen LogP contribution < -0.4 is 5.32 Å². The summed E-state index contributed by atoms with van der Waals surface area (Å²) in [6.45, 7) is 3.50. The molecule has 1 aromatic carbocycles. The van der Waals surface area contributed by atoms with Gasteiger partial charge in [-0.05, 0) is 38.7 Å². The number of aryl methyl sites for hydroxylation is 1. The number of amides is 2. The van der Waals surface area contributed by atoms with Gasteiger partial charge in [0.25, 0.3) is 0 Å². The van der Waals surface area contributed by atoms with Crippen molar-refractivity contribution in [2.45, 2.75) is 25.9 Å². The predicted molar refractivity (Wildman–Crippen MR) is 103 cm³/mol. The van der Waals surface area contributed by atoms with Crippen LogP contribution in [-0.2, 0) is 16.1 Å². The van der Waals surface area contributed by atoms with Crippen LogP contribution in [0, 0.1) is 12.8 Å². The molecule has 0 bridgehead atoms. The molecular weight excluding hydrogens is 342 g/mol. The van der Waals surface area contributed by atoms with Gasteiger partial charge in [0.15, 0.2) is 0 Å². The SMILES string of the molecule is Cc1ccc(CN2CC(C(=O)NCC(c3ccco3)N(C)C)CC2=O)cc1. The molecule has 144 valence electrons. The van der Waals surface area contributed by atoms with Crippen molar-refractivity contribution in [1.29, 1.82) is 0 Å². The van der Waals surface area contributed by atoms with Crippen LogP contribution in [0.4, 0.5) is 0 Å². The summed E-state index contributed by atoms with van der Waals surface area (Å²) < 4.78 is 5.47. The van der Waals surface area contributed by atoms with E-state index in [1.54, 1.807) is 11.2 Å². The highest BCUT2D eigenvalue weighted by Gasteiger charge is 2.34. The van der Waals surface area contributed by atoms with Gasteiger partial charge in [-0.15, -0.1) is 0 Å². The number of likely N-dealkylation sites (N-methyl/N-ethyl adjacent to an activating group) is 1. The van der Waals surface area contributed by atoms with Gasteiger partial charge in [0, 0.05) is 26.1 Å². The molecule has 2 heterocycles. The van der Waals surface area contributed by atoms with Gasteiger partial charge in [-0.2, -0.15) is 0 Å². The second kappa shape index (κ2) is 8.39. The maximum absolute atomic E-state index is 12.6. The first-order chi connectivity index (χ1) is 12.9. The van der Waals surface area contributed by atoms with Crippen molar-refractivity contribution in [1.82, 2.24) is 15.1 Å². The van der Waals surface area contributed by atoms with Gasteiger partial charge in [-0.1, -0.05) is 29.8 Å². The highest BCUT2D eigenvalue weighted by atomic mass is 16.3. The Morgan fingerprint density at radius 2 is 2.04 bits per heavy atom. The number of nitrogens with zero attached hydrogens (tertiary/aromatic N) is 2. The standard InChI is InChI=1S/C21H27N3O3/c1-15-6-8-16(9-7-15)13-24-14-17(11-20(24)25)21(26)22-12-18(23(2)3)19-5-4-10-27-19/h4-10,17-18H,11-14H2,1-3H3,(H,22,26). The minimum Gasteiger partial charge on any atom is -0.468 e. The van der Waals surface area contributed by atoms with Crippen LogP contribution in [0.25, 0.3) is 0 Å². The highest BCUT2D eigenvalue weighted by Crippen LogP contribution is 2.22. The van der Waals surface area contributed by atoms with Crippen molar-refractivity contribution in [3.63, 3.8) is 0 Å². The number of benzene rings is 1. The maximum Gasteiger partial charge on any atom is 0.225 e. The van der Waals surface area contributed by atoms with Gasteiger partial charge in [0.1, 0.15) is 5.76 Å². The minimum atomic E-state index is -0.303. The predicted octanol–water partition coefficient (Wildman–Crippen LogP) is 2.36. The lowest BCUT2D eigenvalue weighted by Gasteiger charge is -2.23. The summed E-state index contributed by atoms with van der Waals surface area (Å²) in [4.78, 5) is 28.7. The number of hydrogen-bond donors (Lipinski definition) is 1. The zero-order valence-corrected chi connectivity index (χ0v) is 16.1. The first-order valence-corrected chi connectivity index (χ1v) is 9.25. The number of likely N-dealkylation sites (tertiary alicyclic amines) is 1. The summed E-state index contributed by atoms with van der Waals surface area (Å²) in [5, 5.41) is 2.99. The van der Waals surface area contributed by atoms with Crippen molar-refractivity contribution in [3.05, 3.63) is 59.5 Å². The Morgan fingerprint density at radius 3 is 2.67 bits per heavy atom. The molecule has 1 fully saturated rings. The molecule has 1 aromatic heterocycles. The smallest absolute Gasteiger partial charge is 0.225 e. The fourth-order valence-corrected chi connectivity index (χ4v) is 3.37. The molecule has 0 aliphatic carbocycles. The van der Waals surface area contributed by atoms with Crippen LogP contribution in [0.3, 0.4) is 0 Å². The molecule has 0 radical (unpaired) electrons. The average Bonchev–Trinajstić information content (AvgIpc) is 3.27. The van der Waals surface area contributed by atoms with E-state index in [0.717, 1.165) is 11.3 Å². The molecule has 0 saturated carbocycles. The van der Waals surface area contributed by atoms with Crippen molar-refractivity contribution < 1.29 is 14.0 Å². The van der Waals surface area contributed by atoms with E-state index in [1.807, 2.05) is 62.3 Å². The van der Waals surface area contributed by atoms with Crippen LogP contribution in [0.5, 0.6) is 0 Å². The number of carbonyl (C=O) groups excluding carboxylic acids is 2. The van der Waals surface area contributed by atoms with E-state index in [4.69, 9.17) is 4.42 Å². The third kappa shape index (κ3) is 4.77. The minimum absolute atomic E-state index is 0.0333. The third-order valence-corrected chi connectivity index (χ3v) is 5.04. The number of hydrogen-bond acceptors (Lipinski definition) is 4. The van der Waals surface area contributed by atoms with Gasteiger partial charge in [-0.25, -0.2) is 0 Å². The molecule has 2 unspecified atom stereocenters. The molecule has 1 saturated heterocycles. The molecule has 1 aliphatic rings. The lowest BCUT2D eigenvalue weighted by Crippen LogP contribution is -2.38. The number of nitrogens with one attached hydrogen (secondary N) is 1. The molecule has 1 aliphatic heterocycles. The lowest BCUT2D eigenvalue weighted by atomic mass is 10.1. The van der Waals surface area contributed by atoms with E-state index in [1.165, 1.54) is 5.56 Å². The Bertz CT molecular complexity index is 768. The zero-order valence-electron chi connectivity index (χ0n) is 16.1. The molecular formula is C21H27N3O3. The van der Waals surface area contributed by atoms with Crippen molar-refractivity contribution in [3.8, 4) is 0 Å². The van der Waals surface area contributed by atoms with Gasteiger partial charge in [0.2, 0.25) is 11.8 Å². The molecule has 0 spiro atoms. The van der Waals surface area contributed by atoms with Gasteiger partial charge in [-0.3, -0.25) is 14.5 Å². The van der Waals surface area contributed by atoms with E-state index >= 15 is 0 Å². The Balaban J connectivity index is 1.54. The first kappa shape index (κ1) is 19.2. The van der Waals surface area contributed by atoms with Crippen LogP contribution in [-0.4, -0.2) is 48.8 Å². The summed E-state index contributed by atoms with van der Waals surface area (Å²) >= 11 is 0. The second-order valence-corrected chi connectivity index (χ2v) is 7.40. The highest BCUT2D eigenvalue weighted by molar-refractivity contribution is 5.89. The van der Waals surface area contributed by atoms with Crippen LogP contribution >= 0.6 is 0 Å². The second-order valence-electron chi connectivity index (χ2n) is 7.40. The van der Waals surface area contributed by atoms with E-state index < -0.39 is 0 Å². The van der Waals surface area contributed by atoms with Crippen LogP contribution in [0.2, 0.25) is 0 Å². The van der Waals surface area contributed by atoms with Crippen LogP contribution in [0.15, 0.2) is 47.1 Å². The van der Waals surface area contributed by atoms with E-state index in [-0.39, 0.29) is 30.2 Å². The molecule has 3 rings (SSSR count). The third-order valence-electron chi connectivity index (χ3n) is 5.04. The summed E-state index contributed by atoms with van der Waals surface area (Å²) in [5.74, 6) is 0.463. The van der Waals surface area contributed by atoms with Crippen LogP contribution in [0.1, 0.15) is 29.3 Å². The summed E-state index contributed by atoms with van der Waals surface area (Å²) in [7, 11) is 3.89. The number of rotatable bonds is 7. The first-order valence-electron chi connectivity index (χ1n) is 9.25. The van der Waals surface area contributed by atoms with Crippen molar-refractivity contribution >= 4 is 11.8 Å². The molecule has 6 nitrogen and oxygen atoms in total. The Morgan fingerprint density at radius 1 is 1.30 bits per heavy atom. The monoisotopic (exact) mass is 369 g/mol. The van der Waals surface area contributed by atoms with Gasteiger partial charge >= 0.3 is 0 Å². The normalized spacial score (nSPS) is 18.1. The maximum atomic E-state index is 12.6. The summed E-state index contributed by atoms with van der Waals surface area (Å²) in [6, 6.07) is 11.8. The summed E-state index contributed by atoms with van der Waals surface area (Å²) in [5.41, 5.74) is 2.27. The van der Waals surface area contributed by atoms with Crippen molar-refractivity contribution in [2.24, 2.45) is 5.92 Å². The topological polar surface area (TPSA) is 65.8 Å². The van der Waals surface area contributed by atoms with E-state index in [9.17, 15) is 9.59 Å². The molecule has 2 aromatic rings. The summed E-state index contributed by atoms with van der Waals surface area (Å²) in [6.07, 6.45) is 1.90. The Hall–Kier alpha value is -2.60. The lowest BCUT2D eigenvalue weighted by molar-refractivity contribution is -0.129. The zero-order chi connectivity index (χ0) is 19.4. The van der Waals surface area contributed by atoms with Gasteiger partial charge in [0.05, 0.1) is 18.2 Å². The molecule has 1 N–H and O–H groups in total. The average molecular weight is 369 g/mol. The van der Waals surface area contributed by atoms with E-state index in [2.05, 4.69) is 5.32 Å². The fourth-order valence-electron chi connectivity index (χ4n) is 3.37. The molecule has 6 heteroatoms. The van der Waals surface area contributed by atoms with E-state index in [0.29, 0.717) is 19.6 Å².